The Bertz CT molecular complexity index is 985. The van der Waals surface area contributed by atoms with E-state index in [0.717, 1.165) is 25.1 Å². The lowest BCUT2D eigenvalue weighted by Crippen LogP contribution is -2.37. The number of pyridine rings is 1. The molecule has 6 heteroatoms. The molecule has 0 amide bonds. The van der Waals surface area contributed by atoms with E-state index in [4.69, 9.17) is 4.42 Å². The number of rotatable bonds is 7. The largest absolute Gasteiger partial charge is 0.419 e. The SMILES string of the molecule is CCc1ccc([C@H](CNc2oc(-c3cccnc3)nc2C#N)N2CCCCC2)cc1. The molecule has 0 bridgehead atoms. The van der Waals surface area contributed by atoms with E-state index < -0.39 is 0 Å². The highest BCUT2D eigenvalue weighted by atomic mass is 16.4. The molecule has 4 rings (SSSR count). The summed E-state index contributed by atoms with van der Waals surface area (Å²) in [6, 6.07) is 14.9. The second-order valence-electron chi connectivity index (χ2n) is 7.64. The highest BCUT2D eigenvalue weighted by molar-refractivity contribution is 5.57. The average molecular weight is 402 g/mol. The predicted octanol–water partition coefficient (Wildman–Crippen LogP) is 4.81. The summed E-state index contributed by atoms with van der Waals surface area (Å²) in [5.41, 5.74) is 3.65. The molecule has 0 radical (unpaired) electrons. The molecular weight excluding hydrogens is 374 g/mol. The number of hydrogen-bond acceptors (Lipinski definition) is 6. The van der Waals surface area contributed by atoms with Crippen molar-refractivity contribution in [2.24, 2.45) is 0 Å². The Labute approximate surface area is 177 Å². The summed E-state index contributed by atoms with van der Waals surface area (Å²) < 4.78 is 5.90. The molecule has 1 saturated heterocycles. The minimum absolute atomic E-state index is 0.217. The van der Waals surface area contributed by atoms with E-state index in [1.54, 1.807) is 12.4 Å². The van der Waals surface area contributed by atoms with Gasteiger partial charge in [-0.15, -0.1) is 0 Å². The van der Waals surface area contributed by atoms with Gasteiger partial charge in [-0.05, 0) is 55.6 Å². The molecule has 1 atom stereocenters. The maximum absolute atomic E-state index is 9.53. The minimum atomic E-state index is 0.217. The summed E-state index contributed by atoms with van der Waals surface area (Å²) in [4.78, 5) is 11.0. The Hall–Kier alpha value is -3.17. The summed E-state index contributed by atoms with van der Waals surface area (Å²) in [6.45, 7) is 5.00. The maximum Gasteiger partial charge on any atom is 0.232 e. The van der Waals surface area contributed by atoms with Crippen molar-refractivity contribution in [1.82, 2.24) is 14.9 Å². The molecule has 3 aromatic rings. The summed E-state index contributed by atoms with van der Waals surface area (Å²) >= 11 is 0. The van der Waals surface area contributed by atoms with E-state index in [1.165, 1.54) is 30.4 Å². The molecule has 0 aliphatic carbocycles. The Morgan fingerprint density at radius 3 is 2.63 bits per heavy atom. The van der Waals surface area contributed by atoms with E-state index in [0.29, 0.717) is 18.3 Å². The van der Waals surface area contributed by atoms with Gasteiger partial charge >= 0.3 is 0 Å². The topological polar surface area (TPSA) is 78.0 Å². The van der Waals surface area contributed by atoms with Crippen LogP contribution in [-0.4, -0.2) is 34.5 Å². The first-order valence-electron chi connectivity index (χ1n) is 10.7. The monoisotopic (exact) mass is 401 g/mol. The number of nitrogens with zero attached hydrogens (tertiary/aromatic N) is 4. The molecule has 1 aliphatic rings. The molecule has 30 heavy (non-hydrogen) atoms. The van der Waals surface area contributed by atoms with Crippen molar-refractivity contribution < 1.29 is 4.42 Å². The van der Waals surface area contributed by atoms with E-state index >= 15 is 0 Å². The molecule has 154 valence electrons. The zero-order valence-corrected chi connectivity index (χ0v) is 17.3. The summed E-state index contributed by atoms with van der Waals surface area (Å²) in [5, 5.41) is 12.9. The third kappa shape index (κ3) is 4.52. The average Bonchev–Trinajstić information content (AvgIpc) is 3.24. The fourth-order valence-electron chi connectivity index (χ4n) is 3.98. The van der Waals surface area contributed by atoms with Crippen LogP contribution in [-0.2, 0) is 6.42 Å². The third-order valence-electron chi connectivity index (χ3n) is 5.70. The molecule has 0 unspecified atom stereocenters. The number of nitrogens with one attached hydrogen (secondary N) is 1. The first-order chi connectivity index (χ1) is 14.8. The van der Waals surface area contributed by atoms with Gasteiger partial charge in [-0.25, -0.2) is 0 Å². The number of piperidine rings is 1. The summed E-state index contributed by atoms with van der Waals surface area (Å²) in [5.74, 6) is 0.826. The number of benzene rings is 1. The van der Waals surface area contributed by atoms with Gasteiger partial charge in [0, 0.05) is 18.9 Å². The number of nitriles is 1. The van der Waals surface area contributed by atoms with Crippen molar-refractivity contribution in [2.45, 2.75) is 38.6 Å². The fraction of sp³-hybridized carbons (Fsp3) is 0.375. The van der Waals surface area contributed by atoms with Crippen LogP contribution >= 0.6 is 0 Å². The molecule has 2 aromatic heterocycles. The summed E-state index contributed by atoms with van der Waals surface area (Å²) in [6.07, 6.45) is 8.15. The van der Waals surface area contributed by atoms with Crippen molar-refractivity contribution in [3.63, 3.8) is 0 Å². The van der Waals surface area contributed by atoms with Gasteiger partial charge in [-0.2, -0.15) is 10.2 Å². The lowest BCUT2D eigenvalue weighted by molar-refractivity contribution is 0.170. The van der Waals surface area contributed by atoms with Gasteiger partial charge < -0.3 is 9.73 Å². The van der Waals surface area contributed by atoms with Crippen molar-refractivity contribution in [3.05, 3.63) is 65.6 Å². The Morgan fingerprint density at radius 1 is 1.17 bits per heavy atom. The van der Waals surface area contributed by atoms with Crippen LogP contribution in [0.4, 0.5) is 5.88 Å². The molecule has 3 heterocycles. The van der Waals surface area contributed by atoms with E-state index in [2.05, 4.69) is 57.4 Å². The Kier molecular flexibility index (Phi) is 6.41. The number of aryl methyl sites for hydroxylation is 1. The van der Waals surface area contributed by atoms with Crippen LogP contribution in [0.5, 0.6) is 0 Å². The third-order valence-corrected chi connectivity index (χ3v) is 5.70. The van der Waals surface area contributed by atoms with Crippen LogP contribution in [0.2, 0.25) is 0 Å². The van der Waals surface area contributed by atoms with Gasteiger partial charge in [0.1, 0.15) is 6.07 Å². The molecule has 1 fully saturated rings. The van der Waals surface area contributed by atoms with Crippen LogP contribution in [0.25, 0.3) is 11.5 Å². The second-order valence-corrected chi connectivity index (χ2v) is 7.64. The highest BCUT2D eigenvalue weighted by Crippen LogP contribution is 2.28. The quantitative estimate of drug-likeness (QED) is 0.612. The fourth-order valence-corrected chi connectivity index (χ4v) is 3.98. The van der Waals surface area contributed by atoms with E-state index in [-0.39, 0.29) is 11.7 Å². The summed E-state index contributed by atoms with van der Waals surface area (Å²) in [7, 11) is 0. The van der Waals surface area contributed by atoms with Gasteiger partial charge in [-0.3, -0.25) is 9.88 Å². The molecule has 0 spiro atoms. The van der Waals surface area contributed by atoms with Gasteiger partial charge in [0.15, 0.2) is 0 Å². The molecular formula is C24H27N5O. The van der Waals surface area contributed by atoms with Gasteiger partial charge in [0.2, 0.25) is 17.5 Å². The van der Waals surface area contributed by atoms with Crippen molar-refractivity contribution in [3.8, 4) is 17.5 Å². The zero-order valence-electron chi connectivity index (χ0n) is 17.3. The number of hydrogen-bond donors (Lipinski definition) is 1. The number of aromatic nitrogens is 2. The molecule has 1 aromatic carbocycles. The van der Waals surface area contributed by atoms with Crippen LogP contribution < -0.4 is 5.32 Å². The van der Waals surface area contributed by atoms with Gasteiger partial charge in [0.05, 0.1) is 11.6 Å². The standard InChI is InChI=1S/C24H27N5O/c1-2-18-8-10-19(11-9-18)22(29-13-4-3-5-14-29)17-27-24-21(15-25)28-23(30-24)20-7-6-12-26-16-20/h6-12,16,22,27H,2-5,13-14,17H2,1H3/t22-/m0/s1. The Balaban J connectivity index is 1.56. The Morgan fingerprint density at radius 2 is 1.97 bits per heavy atom. The maximum atomic E-state index is 9.53. The smallest absolute Gasteiger partial charge is 0.232 e. The van der Waals surface area contributed by atoms with E-state index in [9.17, 15) is 5.26 Å². The van der Waals surface area contributed by atoms with Crippen LogP contribution in [0.1, 0.15) is 49.0 Å². The predicted molar refractivity (Wildman–Crippen MR) is 117 cm³/mol. The van der Waals surface area contributed by atoms with Gasteiger partial charge in [0.25, 0.3) is 0 Å². The molecule has 6 nitrogen and oxygen atoms in total. The number of anilines is 1. The molecule has 1 N–H and O–H groups in total. The van der Waals surface area contributed by atoms with Crippen molar-refractivity contribution in [1.29, 1.82) is 5.26 Å². The first-order valence-corrected chi connectivity index (χ1v) is 10.7. The normalized spacial score (nSPS) is 15.5. The van der Waals surface area contributed by atoms with Crippen LogP contribution in [0.3, 0.4) is 0 Å². The van der Waals surface area contributed by atoms with E-state index in [1.807, 2.05) is 12.1 Å². The number of oxazole rings is 1. The molecule has 1 aliphatic heterocycles. The lowest BCUT2D eigenvalue weighted by atomic mass is 10.00. The lowest BCUT2D eigenvalue weighted by Gasteiger charge is -2.35. The zero-order chi connectivity index (χ0) is 20.8. The van der Waals surface area contributed by atoms with Crippen molar-refractivity contribution in [2.75, 3.05) is 25.0 Å². The van der Waals surface area contributed by atoms with Crippen LogP contribution in [0.15, 0.2) is 53.2 Å². The second kappa shape index (κ2) is 9.55. The first kappa shape index (κ1) is 20.1. The van der Waals surface area contributed by atoms with Crippen LogP contribution in [0, 0.1) is 11.3 Å². The minimum Gasteiger partial charge on any atom is -0.419 e. The molecule has 0 saturated carbocycles. The highest BCUT2D eigenvalue weighted by Gasteiger charge is 2.24. The van der Waals surface area contributed by atoms with Crippen molar-refractivity contribution >= 4 is 5.88 Å². The van der Waals surface area contributed by atoms with Gasteiger partial charge in [-0.1, -0.05) is 37.6 Å². The number of likely N-dealkylation sites (tertiary alicyclic amines) is 1.